The van der Waals surface area contributed by atoms with Gasteiger partial charge >= 0.3 is 0 Å². The fraction of sp³-hybridized carbons (Fsp3) is 0.200. The molecule has 1 unspecified atom stereocenters. The van der Waals surface area contributed by atoms with Gasteiger partial charge < -0.3 is 5.32 Å². The van der Waals surface area contributed by atoms with Crippen LogP contribution in [0, 0.1) is 6.92 Å². The summed E-state index contributed by atoms with van der Waals surface area (Å²) in [6, 6.07) is 12.9. The highest BCUT2D eigenvalue weighted by molar-refractivity contribution is 9.10. The molecule has 3 rings (SSSR count). The quantitative estimate of drug-likeness (QED) is 0.745. The van der Waals surface area contributed by atoms with Gasteiger partial charge in [0.05, 0.1) is 11.7 Å². The monoisotopic (exact) mass is 353 g/mol. The molecular formula is C15H13BrClNS. The number of rotatable bonds is 2. The third kappa shape index (κ3) is 2.64. The molecule has 1 aliphatic heterocycles. The van der Waals surface area contributed by atoms with Gasteiger partial charge in [0.1, 0.15) is 0 Å². The van der Waals surface area contributed by atoms with Gasteiger partial charge in [-0.3, -0.25) is 0 Å². The van der Waals surface area contributed by atoms with Crippen molar-refractivity contribution in [3.63, 3.8) is 0 Å². The summed E-state index contributed by atoms with van der Waals surface area (Å²) in [5.41, 5.74) is 3.51. The van der Waals surface area contributed by atoms with Gasteiger partial charge in [-0.1, -0.05) is 29.8 Å². The average molecular weight is 355 g/mol. The van der Waals surface area contributed by atoms with E-state index in [0.717, 1.165) is 26.5 Å². The zero-order chi connectivity index (χ0) is 13.4. The van der Waals surface area contributed by atoms with Crippen LogP contribution in [0.2, 0.25) is 5.02 Å². The Balaban J connectivity index is 1.89. The highest BCUT2D eigenvalue weighted by atomic mass is 79.9. The summed E-state index contributed by atoms with van der Waals surface area (Å²) in [4.78, 5) is 1.37. The predicted molar refractivity (Wildman–Crippen MR) is 87.4 cm³/mol. The van der Waals surface area contributed by atoms with Gasteiger partial charge in [-0.25, -0.2) is 0 Å². The average Bonchev–Trinajstić information content (AvgIpc) is 2.80. The number of fused-ring (bicyclic) bond motifs is 1. The number of hydrogen-bond donors (Lipinski definition) is 1. The van der Waals surface area contributed by atoms with Crippen LogP contribution in [-0.2, 0) is 0 Å². The Kier molecular flexibility index (Phi) is 3.79. The van der Waals surface area contributed by atoms with Gasteiger partial charge in [-0.2, -0.15) is 0 Å². The van der Waals surface area contributed by atoms with Gasteiger partial charge in [0.15, 0.2) is 0 Å². The molecule has 2 aromatic carbocycles. The van der Waals surface area contributed by atoms with E-state index >= 15 is 0 Å². The molecular weight excluding hydrogens is 342 g/mol. The third-order valence-corrected chi connectivity index (χ3v) is 5.52. The molecule has 19 heavy (non-hydrogen) atoms. The van der Waals surface area contributed by atoms with E-state index in [9.17, 15) is 0 Å². The maximum Gasteiger partial charge on any atom is 0.0619 e. The molecule has 0 amide bonds. The van der Waals surface area contributed by atoms with Crippen molar-refractivity contribution in [1.82, 2.24) is 0 Å². The number of thioether (sulfide) groups is 1. The van der Waals surface area contributed by atoms with Gasteiger partial charge in [0, 0.05) is 20.1 Å². The lowest BCUT2D eigenvalue weighted by Crippen LogP contribution is -2.10. The lowest BCUT2D eigenvalue weighted by atomic mass is 10.1. The number of halogens is 2. The van der Waals surface area contributed by atoms with Crippen molar-refractivity contribution in [1.29, 1.82) is 0 Å². The van der Waals surface area contributed by atoms with Crippen molar-refractivity contribution in [3.05, 3.63) is 57.0 Å². The van der Waals surface area contributed by atoms with E-state index in [4.69, 9.17) is 11.6 Å². The molecule has 0 aliphatic carbocycles. The first-order valence-corrected chi connectivity index (χ1v) is 8.24. The molecule has 0 aromatic heterocycles. The lowest BCUT2D eigenvalue weighted by Gasteiger charge is -2.17. The molecule has 0 saturated carbocycles. The number of benzene rings is 2. The van der Waals surface area contributed by atoms with Gasteiger partial charge in [-0.05, 0) is 52.2 Å². The van der Waals surface area contributed by atoms with Crippen LogP contribution < -0.4 is 5.32 Å². The molecule has 0 bridgehead atoms. The molecule has 2 aromatic rings. The molecule has 1 nitrogen and oxygen atoms in total. The molecule has 0 fully saturated rings. The summed E-state index contributed by atoms with van der Waals surface area (Å²) >= 11 is 11.7. The van der Waals surface area contributed by atoms with E-state index in [2.05, 4.69) is 51.6 Å². The number of anilines is 1. The van der Waals surface area contributed by atoms with Crippen LogP contribution in [0.15, 0.2) is 45.8 Å². The Bertz CT molecular complexity index is 630. The fourth-order valence-corrected chi connectivity index (χ4v) is 4.12. The van der Waals surface area contributed by atoms with Crippen molar-refractivity contribution in [3.8, 4) is 0 Å². The summed E-state index contributed by atoms with van der Waals surface area (Å²) < 4.78 is 1.06. The number of nitrogens with one attached hydrogen (secondary N) is 1. The Hall–Kier alpha value is -0.640. The van der Waals surface area contributed by atoms with Crippen LogP contribution in [0.4, 0.5) is 5.69 Å². The standard InChI is InChI=1S/C15H13BrClNS/c1-9-6-11(16)13(7-12(9)17)18-14-8-19-15-5-3-2-4-10(14)15/h2-7,14,18H,8H2,1H3. The number of aryl methyl sites for hydroxylation is 1. The van der Waals surface area contributed by atoms with Crippen molar-refractivity contribution < 1.29 is 0 Å². The van der Waals surface area contributed by atoms with Gasteiger partial charge in [0.2, 0.25) is 0 Å². The molecule has 1 N–H and O–H groups in total. The van der Waals surface area contributed by atoms with Crippen LogP contribution >= 0.6 is 39.3 Å². The SMILES string of the molecule is Cc1cc(Br)c(NC2CSc3ccccc32)cc1Cl. The second kappa shape index (κ2) is 5.39. The van der Waals surface area contributed by atoms with Crippen molar-refractivity contribution in [2.45, 2.75) is 17.9 Å². The summed E-state index contributed by atoms with van der Waals surface area (Å²) in [6.07, 6.45) is 0. The predicted octanol–water partition coefficient (Wildman–Crippen LogP) is 5.67. The third-order valence-electron chi connectivity index (χ3n) is 3.28. The molecule has 0 radical (unpaired) electrons. The van der Waals surface area contributed by atoms with Crippen LogP contribution in [0.3, 0.4) is 0 Å². The highest BCUT2D eigenvalue weighted by Gasteiger charge is 2.23. The summed E-state index contributed by atoms with van der Waals surface area (Å²) in [5, 5.41) is 4.38. The van der Waals surface area contributed by atoms with E-state index < -0.39 is 0 Å². The number of hydrogen-bond acceptors (Lipinski definition) is 2. The lowest BCUT2D eigenvalue weighted by molar-refractivity contribution is 0.899. The summed E-state index contributed by atoms with van der Waals surface area (Å²) in [5.74, 6) is 1.05. The highest BCUT2D eigenvalue weighted by Crippen LogP contribution is 2.41. The van der Waals surface area contributed by atoms with Crippen LogP contribution in [0.25, 0.3) is 0 Å². The fourth-order valence-electron chi connectivity index (χ4n) is 2.23. The minimum atomic E-state index is 0.344. The Morgan fingerprint density at radius 3 is 2.95 bits per heavy atom. The van der Waals surface area contributed by atoms with Gasteiger partial charge in [-0.15, -0.1) is 11.8 Å². The molecule has 1 heterocycles. The maximum absolute atomic E-state index is 6.21. The largest absolute Gasteiger partial charge is 0.376 e. The zero-order valence-corrected chi connectivity index (χ0v) is 13.6. The minimum Gasteiger partial charge on any atom is -0.376 e. The van der Waals surface area contributed by atoms with Crippen LogP contribution in [0.5, 0.6) is 0 Å². The second-order valence-corrected chi connectivity index (χ2v) is 6.95. The Labute approximate surface area is 130 Å². The van der Waals surface area contributed by atoms with E-state index in [0.29, 0.717) is 6.04 Å². The Morgan fingerprint density at radius 1 is 1.32 bits per heavy atom. The molecule has 0 spiro atoms. The first-order chi connectivity index (χ1) is 9.15. The molecule has 1 aliphatic rings. The maximum atomic E-state index is 6.21. The molecule has 0 saturated heterocycles. The van der Waals surface area contributed by atoms with Crippen molar-refractivity contribution >= 4 is 45.0 Å². The van der Waals surface area contributed by atoms with E-state index in [1.165, 1.54) is 10.5 Å². The van der Waals surface area contributed by atoms with E-state index in [1.807, 2.05) is 24.8 Å². The molecule has 1 atom stereocenters. The first kappa shape index (κ1) is 13.3. The molecule has 98 valence electrons. The zero-order valence-electron chi connectivity index (χ0n) is 10.4. The summed E-state index contributed by atoms with van der Waals surface area (Å²) in [7, 11) is 0. The normalized spacial score (nSPS) is 17.3. The molecule has 4 heteroatoms. The van der Waals surface area contributed by atoms with E-state index in [1.54, 1.807) is 0 Å². The Morgan fingerprint density at radius 2 is 2.11 bits per heavy atom. The van der Waals surface area contributed by atoms with E-state index in [-0.39, 0.29) is 0 Å². The topological polar surface area (TPSA) is 12.0 Å². The minimum absolute atomic E-state index is 0.344. The van der Waals surface area contributed by atoms with Crippen LogP contribution in [0.1, 0.15) is 17.2 Å². The smallest absolute Gasteiger partial charge is 0.0619 e. The summed E-state index contributed by atoms with van der Waals surface area (Å²) in [6.45, 7) is 2.01. The van der Waals surface area contributed by atoms with Crippen molar-refractivity contribution in [2.24, 2.45) is 0 Å². The van der Waals surface area contributed by atoms with Gasteiger partial charge in [0.25, 0.3) is 0 Å². The van der Waals surface area contributed by atoms with Crippen molar-refractivity contribution in [2.75, 3.05) is 11.1 Å². The second-order valence-electron chi connectivity index (χ2n) is 4.63. The van der Waals surface area contributed by atoms with Crippen LogP contribution in [-0.4, -0.2) is 5.75 Å². The first-order valence-electron chi connectivity index (χ1n) is 6.09.